The highest BCUT2D eigenvalue weighted by Gasteiger charge is 2.35. The van der Waals surface area contributed by atoms with Crippen molar-refractivity contribution in [3.8, 4) is 0 Å². The zero-order chi connectivity index (χ0) is 45.6. The number of hydrogen-bond acceptors (Lipinski definition) is 13. The zero-order valence-electron chi connectivity index (χ0n) is 33.3. The lowest BCUT2D eigenvalue weighted by molar-refractivity contribution is -0.144. The monoisotopic (exact) mass is 846 g/mol. The number of aliphatic hydroxyl groups is 1. The molecule has 0 fully saturated rings. The highest BCUT2D eigenvalue weighted by Crippen LogP contribution is 2.10. The number of carboxylic acids is 4. The SMILES string of the molecule is CC(C)C[C@H](NC(=O)[C@H](CO)NC(=O)[C@H](CCCN=C(N)N)NC(=O)[C@@H](N)C(C)C)C(=O)N[C@@H](CCC(=O)O)C(=O)N[C@@H](CC(=O)O)C(=O)N[C@@H](CCC(=O)O)C(=O)O. The molecule has 25 nitrogen and oxygen atoms in total. The van der Waals surface area contributed by atoms with E-state index in [2.05, 4.69) is 26.3 Å². The van der Waals surface area contributed by atoms with Crippen LogP contribution >= 0.6 is 0 Å². The van der Waals surface area contributed by atoms with Crippen LogP contribution < -0.4 is 49.1 Å². The van der Waals surface area contributed by atoms with Gasteiger partial charge in [0.2, 0.25) is 35.4 Å². The number of carboxylic acid groups (broad SMARTS) is 4. The molecular weight excluding hydrogens is 788 g/mol. The summed E-state index contributed by atoms with van der Waals surface area (Å²) >= 11 is 0. The second kappa shape index (κ2) is 26.7. The Hall–Kier alpha value is -6.11. The first kappa shape index (κ1) is 52.9. The van der Waals surface area contributed by atoms with Gasteiger partial charge in [-0.05, 0) is 43.9 Å². The van der Waals surface area contributed by atoms with Gasteiger partial charge < -0.3 is 74.6 Å². The van der Waals surface area contributed by atoms with Gasteiger partial charge in [-0.15, -0.1) is 0 Å². The third-order valence-electron chi connectivity index (χ3n) is 8.31. The fraction of sp³-hybridized carbons (Fsp3) is 0.676. The summed E-state index contributed by atoms with van der Waals surface area (Å²) in [6, 6.07) is -11.1. The summed E-state index contributed by atoms with van der Waals surface area (Å²) in [5, 5.41) is 60.4. The van der Waals surface area contributed by atoms with E-state index in [1.165, 1.54) is 0 Å². The number of rotatable bonds is 29. The van der Waals surface area contributed by atoms with Gasteiger partial charge in [0, 0.05) is 19.4 Å². The molecule has 334 valence electrons. The number of aliphatic hydroxyl groups excluding tert-OH is 1. The fourth-order valence-corrected chi connectivity index (χ4v) is 5.05. The molecule has 0 aromatic heterocycles. The van der Waals surface area contributed by atoms with E-state index in [9.17, 15) is 68.4 Å². The van der Waals surface area contributed by atoms with Crippen LogP contribution in [0.25, 0.3) is 0 Å². The van der Waals surface area contributed by atoms with Gasteiger partial charge in [0.15, 0.2) is 5.96 Å². The van der Waals surface area contributed by atoms with E-state index >= 15 is 0 Å². The van der Waals surface area contributed by atoms with Crippen molar-refractivity contribution in [2.24, 2.45) is 34.0 Å². The minimum Gasteiger partial charge on any atom is -0.481 e. The maximum absolute atomic E-state index is 13.6. The molecule has 0 aromatic rings. The van der Waals surface area contributed by atoms with Crippen molar-refractivity contribution < 1.29 is 73.5 Å². The minimum atomic E-state index is -1.99. The van der Waals surface area contributed by atoms with Gasteiger partial charge in [-0.1, -0.05) is 27.7 Å². The van der Waals surface area contributed by atoms with E-state index < -0.39 is 140 Å². The third kappa shape index (κ3) is 21.8. The molecule has 0 bridgehead atoms. The second-order valence-corrected chi connectivity index (χ2v) is 14.2. The van der Waals surface area contributed by atoms with Crippen molar-refractivity contribution in [2.75, 3.05) is 13.2 Å². The molecule has 17 N–H and O–H groups in total. The second-order valence-electron chi connectivity index (χ2n) is 14.2. The van der Waals surface area contributed by atoms with Gasteiger partial charge in [0.1, 0.15) is 36.3 Å². The lowest BCUT2D eigenvalue weighted by Crippen LogP contribution is -2.60. The summed E-state index contributed by atoms with van der Waals surface area (Å²) in [5.41, 5.74) is 16.6. The van der Waals surface area contributed by atoms with Crippen LogP contribution in [0.2, 0.25) is 0 Å². The summed E-state index contributed by atoms with van der Waals surface area (Å²) in [7, 11) is 0. The summed E-state index contributed by atoms with van der Waals surface area (Å²) in [6.07, 6.45) is -3.74. The highest BCUT2D eigenvalue weighted by atomic mass is 16.4. The van der Waals surface area contributed by atoms with Crippen molar-refractivity contribution in [1.82, 2.24) is 31.9 Å². The number of carbonyl (C=O) groups is 10. The number of hydrogen-bond donors (Lipinski definition) is 14. The zero-order valence-corrected chi connectivity index (χ0v) is 33.3. The fourth-order valence-electron chi connectivity index (χ4n) is 5.05. The Balaban J connectivity index is 6.31. The smallest absolute Gasteiger partial charge is 0.326 e. The van der Waals surface area contributed by atoms with E-state index in [0.717, 1.165) is 0 Å². The molecule has 0 spiro atoms. The molecule has 25 heteroatoms. The average Bonchev–Trinajstić information content (AvgIpc) is 3.12. The number of nitrogens with zero attached hydrogens (tertiary/aromatic N) is 1. The molecule has 0 aromatic carbocycles. The number of nitrogens with one attached hydrogen (secondary N) is 6. The van der Waals surface area contributed by atoms with Crippen molar-refractivity contribution in [3.63, 3.8) is 0 Å². The van der Waals surface area contributed by atoms with Crippen LogP contribution in [-0.2, 0) is 47.9 Å². The quantitative estimate of drug-likeness (QED) is 0.0191. The summed E-state index contributed by atoms with van der Waals surface area (Å²) in [6.45, 7) is 5.74. The summed E-state index contributed by atoms with van der Waals surface area (Å²) in [5.74, 6) is -13.4. The highest BCUT2D eigenvalue weighted by molar-refractivity contribution is 5.98. The summed E-state index contributed by atoms with van der Waals surface area (Å²) < 4.78 is 0. The van der Waals surface area contributed by atoms with Crippen LogP contribution in [-0.4, -0.2) is 146 Å². The van der Waals surface area contributed by atoms with E-state index in [1.807, 2.05) is 10.6 Å². The van der Waals surface area contributed by atoms with E-state index in [4.69, 9.17) is 22.3 Å². The first-order chi connectivity index (χ1) is 27.4. The molecule has 0 rings (SSSR count). The van der Waals surface area contributed by atoms with E-state index in [-0.39, 0.29) is 43.6 Å². The van der Waals surface area contributed by atoms with Gasteiger partial charge in [0.05, 0.1) is 19.1 Å². The molecule has 7 atom stereocenters. The Morgan fingerprint density at radius 1 is 0.542 bits per heavy atom. The van der Waals surface area contributed by atoms with Crippen LogP contribution in [0.4, 0.5) is 0 Å². The number of aliphatic imine (C=N–C) groups is 1. The third-order valence-corrected chi connectivity index (χ3v) is 8.31. The maximum Gasteiger partial charge on any atom is 0.326 e. The lowest BCUT2D eigenvalue weighted by Gasteiger charge is -2.27. The molecule has 0 unspecified atom stereocenters. The molecule has 0 radical (unpaired) electrons. The maximum atomic E-state index is 13.6. The van der Waals surface area contributed by atoms with E-state index in [1.54, 1.807) is 27.7 Å². The predicted octanol–water partition coefficient (Wildman–Crippen LogP) is -4.74. The number of guanidine groups is 1. The molecule has 0 aliphatic carbocycles. The molecular formula is C34H58N10O15. The Morgan fingerprint density at radius 2 is 0.949 bits per heavy atom. The summed E-state index contributed by atoms with van der Waals surface area (Å²) in [4.78, 5) is 129. The van der Waals surface area contributed by atoms with Gasteiger partial charge in [-0.3, -0.25) is 48.1 Å². The molecule has 0 saturated carbocycles. The number of nitrogens with two attached hydrogens (primary N) is 3. The number of amides is 6. The van der Waals surface area contributed by atoms with Gasteiger partial charge >= 0.3 is 23.9 Å². The first-order valence-electron chi connectivity index (χ1n) is 18.5. The Labute approximate surface area is 339 Å². The van der Waals surface area contributed by atoms with Crippen LogP contribution in [0.3, 0.4) is 0 Å². The number of aliphatic carboxylic acids is 4. The molecule has 6 amide bonds. The molecule has 0 heterocycles. The predicted molar refractivity (Wildman–Crippen MR) is 204 cm³/mol. The Morgan fingerprint density at radius 3 is 1.41 bits per heavy atom. The number of carbonyl (C=O) groups excluding carboxylic acids is 6. The molecule has 0 saturated heterocycles. The average molecular weight is 847 g/mol. The van der Waals surface area contributed by atoms with Gasteiger partial charge in [0.25, 0.3) is 0 Å². The standard InChI is InChI=1S/C34H58N10O15/c1-15(2)12-20(42-31(56)22(14-45)44-27(52)17(6-5-11-38-34(36)37)40-32(57)26(35)16(3)4)29(54)39-18(7-9-23(46)47)28(53)43-21(13-25(50)51)30(55)41-19(33(58)59)8-10-24(48)49/h15-22,26,45H,5-14,35H2,1-4H3,(H,39,54)(H,40,57)(H,41,55)(H,42,56)(H,43,53)(H,44,52)(H,46,47)(H,48,49)(H,50,51)(H,58,59)(H4,36,37,38)/t17-,18-,19-,20-,21-,22-,26-/m0/s1. The van der Waals surface area contributed by atoms with Crippen molar-refractivity contribution in [2.45, 2.75) is 121 Å². The van der Waals surface area contributed by atoms with Crippen molar-refractivity contribution >= 4 is 65.3 Å². The molecule has 59 heavy (non-hydrogen) atoms. The molecule has 0 aliphatic heterocycles. The Bertz CT molecular complexity index is 1540. The van der Waals surface area contributed by atoms with Crippen LogP contribution in [0.1, 0.15) is 79.1 Å². The minimum absolute atomic E-state index is 0.0308. The Kier molecular flexibility index (Phi) is 24.0. The van der Waals surface area contributed by atoms with Crippen molar-refractivity contribution in [3.05, 3.63) is 0 Å². The van der Waals surface area contributed by atoms with Crippen LogP contribution in [0, 0.1) is 11.8 Å². The van der Waals surface area contributed by atoms with Gasteiger partial charge in [-0.25, -0.2) is 4.79 Å². The van der Waals surface area contributed by atoms with E-state index in [0.29, 0.717) is 0 Å². The topological polar surface area (TPSA) is 434 Å². The molecule has 0 aliphatic rings. The normalized spacial score (nSPS) is 14.5. The largest absolute Gasteiger partial charge is 0.481 e. The first-order valence-corrected chi connectivity index (χ1v) is 18.5. The lowest BCUT2D eigenvalue weighted by atomic mass is 10.0. The van der Waals surface area contributed by atoms with Crippen molar-refractivity contribution in [1.29, 1.82) is 0 Å². The van der Waals surface area contributed by atoms with Crippen LogP contribution in [0.5, 0.6) is 0 Å². The van der Waals surface area contributed by atoms with Gasteiger partial charge in [-0.2, -0.15) is 0 Å². The van der Waals surface area contributed by atoms with Crippen LogP contribution in [0.15, 0.2) is 4.99 Å².